The first-order valence-electron chi connectivity index (χ1n) is 5.17. The SMILES string of the molecule is Cc1cc(C)c(C[N+](C)(C)C)cc1C. The van der Waals surface area contributed by atoms with Gasteiger partial charge in [-0.25, -0.2) is 0 Å². The van der Waals surface area contributed by atoms with E-state index in [1.165, 1.54) is 22.3 Å². The van der Waals surface area contributed by atoms with E-state index in [9.17, 15) is 0 Å². The molecular formula is C13H22N+. The topological polar surface area (TPSA) is 0 Å². The Morgan fingerprint density at radius 2 is 1.36 bits per heavy atom. The van der Waals surface area contributed by atoms with Crippen LogP contribution >= 0.6 is 0 Å². The molecule has 0 N–H and O–H groups in total. The molecule has 0 atom stereocenters. The lowest BCUT2D eigenvalue weighted by Gasteiger charge is -2.25. The Hall–Kier alpha value is -0.820. The number of hydrogen-bond acceptors (Lipinski definition) is 0. The highest BCUT2D eigenvalue weighted by Crippen LogP contribution is 2.17. The highest BCUT2D eigenvalue weighted by Gasteiger charge is 2.11. The predicted molar refractivity (Wildman–Crippen MR) is 62.4 cm³/mol. The van der Waals surface area contributed by atoms with Crippen LogP contribution in [-0.2, 0) is 6.54 Å². The van der Waals surface area contributed by atoms with Gasteiger partial charge in [-0.1, -0.05) is 6.07 Å². The fourth-order valence-electron chi connectivity index (χ4n) is 1.70. The lowest BCUT2D eigenvalue weighted by Crippen LogP contribution is -2.33. The van der Waals surface area contributed by atoms with Crippen molar-refractivity contribution in [1.29, 1.82) is 0 Å². The molecule has 0 saturated heterocycles. The largest absolute Gasteiger partial charge is 0.327 e. The molecule has 0 saturated carbocycles. The van der Waals surface area contributed by atoms with Crippen LogP contribution in [0.5, 0.6) is 0 Å². The molecule has 0 aliphatic carbocycles. The molecule has 1 heteroatoms. The molecule has 1 aromatic carbocycles. The van der Waals surface area contributed by atoms with E-state index < -0.39 is 0 Å². The third-order valence-electron chi connectivity index (χ3n) is 2.60. The van der Waals surface area contributed by atoms with Crippen molar-refractivity contribution in [3.05, 3.63) is 34.4 Å². The smallest absolute Gasteiger partial charge is 0.104 e. The Bertz CT molecular complexity index is 332. The summed E-state index contributed by atoms with van der Waals surface area (Å²) in [4.78, 5) is 0. The van der Waals surface area contributed by atoms with E-state index in [4.69, 9.17) is 0 Å². The molecule has 0 aliphatic rings. The molecule has 0 aromatic heterocycles. The van der Waals surface area contributed by atoms with Gasteiger partial charge in [-0.15, -0.1) is 0 Å². The van der Waals surface area contributed by atoms with Gasteiger partial charge < -0.3 is 4.48 Å². The van der Waals surface area contributed by atoms with Gasteiger partial charge in [0.05, 0.1) is 21.1 Å². The van der Waals surface area contributed by atoms with Gasteiger partial charge in [0.25, 0.3) is 0 Å². The van der Waals surface area contributed by atoms with Gasteiger partial charge >= 0.3 is 0 Å². The average molecular weight is 192 g/mol. The summed E-state index contributed by atoms with van der Waals surface area (Å²) in [6.45, 7) is 7.68. The Balaban J connectivity index is 3.04. The molecule has 0 unspecified atom stereocenters. The van der Waals surface area contributed by atoms with E-state index in [1.807, 2.05) is 0 Å². The van der Waals surface area contributed by atoms with Crippen LogP contribution in [0.2, 0.25) is 0 Å². The van der Waals surface area contributed by atoms with Gasteiger partial charge in [0.1, 0.15) is 6.54 Å². The molecule has 0 amide bonds. The third-order valence-corrected chi connectivity index (χ3v) is 2.60. The first-order chi connectivity index (χ1) is 6.29. The fourth-order valence-corrected chi connectivity index (χ4v) is 1.70. The van der Waals surface area contributed by atoms with Crippen molar-refractivity contribution in [3.63, 3.8) is 0 Å². The Kier molecular flexibility index (Phi) is 3.01. The summed E-state index contributed by atoms with van der Waals surface area (Å²) < 4.78 is 0.989. The minimum atomic E-state index is 0.989. The second-order valence-electron chi connectivity index (χ2n) is 5.31. The lowest BCUT2D eigenvalue weighted by atomic mass is 10.0. The quantitative estimate of drug-likeness (QED) is 0.632. The second kappa shape index (κ2) is 3.74. The van der Waals surface area contributed by atoms with Crippen LogP contribution < -0.4 is 0 Å². The molecular weight excluding hydrogens is 170 g/mol. The number of aryl methyl sites for hydroxylation is 3. The number of nitrogens with zero attached hydrogens (tertiary/aromatic N) is 1. The van der Waals surface area contributed by atoms with E-state index in [2.05, 4.69) is 54.0 Å². The third kappa shape index (κ3) is 2.85. The number of quaternary nitrogens is 1. The van der Waals surface area contributed by atoms with Crippen LogP contribution in [0, 0.1) is 20.8 Å². The molecule has 0 aliphatic heterocycles. The molecule has 0 fully saturated rings. The zero-order valence-electron chi connectivity index (χ0n) is 10.3. The Morgan fingerprint density at radius 1 is 0.857 bits per heavy atom. The van der Waals surface area contributed by atoms with E-state index in [-0.39, 0.29) is 0 Å². The van der Waals surface area contributed by atoms with Crippen LogP contribution in [0.25, 0.3) is 0 Å². The van der Waals surface area contributed by atoms with Crippen LogP contribution in [0.1, 0.15) is 22.3 Å². The highest BCUT2D eigenvalue weighted by atomic mass is 15.3. The molecule has 0 spiro atoms. The minimum absolute atomic E-state index is 0.989. The summed E-state index contributed by atoms with van der Waals surface area (Å²) in [5.41, 5.74) is 5.69. The minimum Gasteiger partial charge on any atom is -0.327 e. The van der Waals surface area contributed by atoms with Crippen LogP contribution in [-0.4, -0.2) is 25.6 Å². The summed E-state index contributed by atoms with van der Waals surface area (Å²) in [5, 5.41) is 0. The van der Waals surface area contributed by atoms with Gasteiger partial charge in [0.2, 0.25) is 0 Å². The first kappa shape index (κ1) is 11.3. The first-order valence-corrected chi connectivity index (χ1v) is 5.17. The van der Waals surface area contributed by atoms with Crippen molar-refractivity contribution in [3.8, 4) is 0 Å². The average Bonchev–Trinajstić information content (AvgIpc) is 1.97. The summed E-state index contributed by atoms with van der Waals surface area (Å²) >= 11 is 0. The van der Waals surface area contributed by atoms with Gasteiger partial charge in [-0.2, -0.15) is 0 Å². The van der Waals surface area contributed by atoms with Gasteiger partial charge in [0.15, 0.2) is 0 Å². The fraction of sp³-hybridized carbons (Fsp3) is 0.538. The number of benzene rings is 1. The maximum Gasteiger partial charge on any atom is 0.104 e. The molecule has 14 heavy (non-hydrogen) atoms. The van der Waals surface area contributed by atoms with E-state index in [0.717, 1.165) is 11.0 Å². The maximum atomic E-state index is 2.33. The lowest BCUT2D eigenvalue weighted by molar-refractivity contribution is -0.884. The molecule has 0 bridgehead atoms. The second-order valence-corrected chi connectivity index (χ2v) is 5.31. The van der Waals surface area contributed by atoms with Gasteiger partial charge in [-0.3, -0.25) is 0 Å². The van der Waals surface area contributed by atoms with Crippen LogP contribution in [0.4, 0.5) is 0 Å². The summed E-state index contributed by atoms with van der Waals surface area (Å²) in [6, 6.07) is 4.62. The predicted octanol–water partition coefficient (Wildman–Crippen LogP) is 2.82. The summed E-state index contributed by atoms with van der Waals surface area (Å²) in [6.07, 6.45) is 0. The van der Waals surface area contributed by atoms with Crippen LogP contribution in [0.3, 0.4) is 0 Å². The Labute approximate surface area is 88.0 Å². The van der Waals surface area contributed by atoms with E-state index in [1.54, 1.807) is 0 Å². The van der Waals surface area contributed by atoms with Crippen molar-refractivity contribution in [2.45, 2.75) is 27.3 Å². The summed E-state index contributed by atoms with van der Waals surface area (Å²) in [7, 11) is 6.69. The van der Waals surface area contributed by atoms with Gasteiger partial charge in [0, 0.05) is 5.56 Å². The molecule has 0 heterocycles. The molecule has 1 rings (SSSR count). The number of hydrogen-bond donors (Lipinski definition) is 0. The van der Waals surface area contributed by atoms with Crippen LogP contribution in [0.15, 0.2) is 12.1 Å². The highest BCUT2D eigenvalue weighted by molar-refractivity contribution is 5.35. The molecule has 1 aromatic rings. The van der Waals surface area contributed by atoms with Crippen molar-refractivity contribution >= 4 is 0 Å². The standard InChI is InChI=1S/C13H22N/c1-10-7-12(3)13(8-11(10)2)9-14(4,5)6/h7-8H,9H2,1-6H3/q+1. The zero-order chi connectivity index (χ0) is 10.9. The molecule has 78 valence electrons. The zero-order valence-corrected chi connectivity index (χ0v) is 10.3. The van der Waals surface area contributed by atoms with E-state index >= 15 is 0 Å². The van der Waals surface area contributed by atoms with Crippen molar-refractivity contribution < 1.29 is 4.48 Å². The monoisotopic (exact) mass is 192 g/mol. The Morgan fingerprint density at radius 3 is 1.86 bits per heavy atom. The van der Waals surface area contributed by atoms with Crippen molar-refractivity contribution in [1.82, 2.24) is 0 Å². The van der Waals surface area contributed by atoms with Crippen molar-refractivity contribution in [2.24, 2.45) is 0 Å². The molecule has 0 radical (unpaired) electrons. The summed E-state index contributed by atoms with van der Waals surface area (Å²) in [5.74, 6) is 0. The van der Waals surface area contributed by atoms with Crippen molar-refractivity contribution in [2.75, 3.05) is 21.1 Å². The number of rotatable bonds is 2. The van der Waals surface area contributed by atoms with E-state index in [0.29, 0.717) is 0 Å². The molecule has 1 nitrogen and oxygen atoms in total. The normalized spacial score (nSPS) is 11.9. The van der Waals surface area contributed by atoms with Gasteiger partial charge in [-0.05, 0) is 43.5 Å². The maximum absolute atomic E-state index is 2.33.